The molecule has 98 valence electrons. The molecular formula is C13H17BrN2O2. The molecule has 1 aromatic carbocycles. The van der Waals surface area contributed by atoms with E-state index in [2.05, 4.69) is 26.6 Å². The van der Waals surface area contributed by atoms with Crippen LogP contribution in [0.3, 0.4) is 0 Å². The molecule has 0 bridgehead atoms. The molecule has 1 aliphatic heterocycles. The minimum Gasteiger partial charge on any atom is -0.495 e. The van der Waals surface area contributed by atoms with Crippen LogP contribution in [0.25, 0.3) is 0 Å². The number of ether oxygens (including phenoxy) is 1. The first-order chi connectivity index (χ1) is 8.63. The second-order valence-corrected chi connectivity index (χ2v) is 5.26. The second kappa shape index (κ2) is 5.71. The standard InChI is InChI=1S/C13H17BrN2O2/c1-8(17)16-13-11(18-2)4-3-10(14)12(13)9-5-6-15-7-9/h3-4,9,15H,5-7H2,1-2H3,(H,16,17). The van der Waals surface area contributed by atoms with Crippen LogP contribution < -0.4 is 15.4 Å². The Labute approximate surface area is 115 Å². The Balaban J connectivity index is 2.48. The van der Waals surface area contributed by atoms with E-state index in [-0.39, 0.29) is 5.91 Å². The molecule has 1 atom stereocenters. The minimum absolute atomic E-state index is 0.0846. The van der Waals surface area contributed by atoms with Gasteiger partial charge in [-0.3, -0.25) is 4.79 Å². The number of methoxy groups -OCH3 is 1. The van der Waals surface area contributed by atoms with Gasteiger partial charge in [0.05, 0.1) is 12.8 Å². The number of carbonyl (C=O) groups excluding carboxylic acids is 1. The summed E-state index contributed by atoms with van der Waals surface area (Å²) >= 11 is 3.58. The maximum Gasteiger partial charge on any atom is 0.221 e. The van der Waals surface area contributed by atoms with Crippen LogP contribution in [-0.2, 0) is 4.79 Å². The Morgan fingerprint density at radius 1 is 1.56 bits per heavy atom. The highest BCUT2D eigenvalue weighted by atomic mass is 79.9. The Morgan fingerprint density at radius 2 is 2.33 bits per heavy atom. The molecule has 0 saturated carbocycles. The molecule has 5 heteroatoms. The fourth-order valence-electron chi connectivity index (χ4n) is 2.35. The molecule has 1 unspecified atom stereocenters. The molecule has 1 saturated heterocycles. The van der Waals surface area contributed by atoms with Crippen molar-refractivity contribution in [1.29, 1.82) is 0 Å². The molecule has 2 N–H and O–H groups in total. The summed E-state index contributed by atoms with van der Waals surface area (Å²) < 4.78 is 6.36. The first kappa shape index (κ1) is 13.4. The smallest absolute Gasteiger partial charge is 0.221 e. The van der Waals surface area contributed by atoms with Crippen molar-refractivity contribution < 1.29 is 9.53 Å². The summed E-state index contributed by atoms with van der Waals surface area (Å²) in [5.41, 5.74) is 1.91. The fraction of sp³-hybridized carbons (Fsp3) is 0.462. The van der Waals surface area contributed by atoms with Crippen LogP contribution in [-0.4, -0.2) is 26.1 Å². The quantitative estimate of drug-likeness (QED) is 0.901. The van der Waals surface area contributed by atoms with Crippen LogP contribution >= 0.6 is 15.9 Å². The summed E-state index contributed by atoms with van der Waals surface area (Å²) in [6.45, 7) is 3.45. The third kappa shape index (κ3) is 2.67. The Kier molecular flexibility index (Phi) is 4.24. The number of anilines is 1. The lowest BCUT2D eigenvalue weighted by molar-refractivity contribution is -0.114. The van der Waals surface area contributed by atoms with E-state index in [0.717, 1.165) is 35.2 Å². The highest BCUT2D eigenvalue weighted by molar-refractivity contribution is 9.10. The molecule has 0 aromatic heterocycles. The van der Waals surface area contributed by atoms with Crippen LogP contribution in [0.15, 0.2) is 16.6 Å². The van der Waals surface area contributed by atoms with E-state index >= 15 is 0 Å². The molecule has 2 rings (SSSR count). The summed E-state index contributed by atoms with van der Waals surface area (Å²) in [7, 11) is 1.62. The van der Waals surface area contributed by atoms with Gasteiger partial charge >= 0.3 is 0 Å². The molecule has 0 radical (unpaired) electrons. The molecule has 1 aliphatic rings. The zero-order valence-corrected chi connectivity index (χ0v) is 12.1. The molecule has 1 fully saturated rings. The van der Waals surface area contributed by atoms with Crippen LogP contribution in [0.5, 0.6) is 5.75 Å². The van der Waals surface area contributed by atoms with Gasteiger partial charge in [-0.1, -0.05) is 15.9 Å². The van der Waals surface area contributed by atoms with Gasteiger partial charge in [0.25, 0.3) is 0 Å². The van der Waals surface area contributed by atoms with E-state index in [1.807, 2.05) is 12.1 Å². The van der Waals surface area contributed by atoms with Gasteiger partial charge < -0.3 is 15.4 Å². The van der Waals surface area contributed by atoms with Crippen LogP contribution in [0, 0.1) is 0 Å². The minimum atomic E-state index is -0.0846. The number of nitrogens with one attached hydrogen (secondary N) is 2. The second-order valence-electron chi connectivity index (χ2n) is 4.41. The zero-order valence-electron chi connectivity index (χ0n) is 10.5. The van der Waals surface area contributed by atoms with Crippen molar-refractivity contribution in [2.24, 2.45) is 0 Å². The topological polar surface area (TPSA) is 50.4 Å². The van der Waals surface area contributed by atoms with Crippen molar-refractivity contribution in [3.05, 3.63) is 22.2 Å². The van der Waals surface area contributed by atoms with E-state index in [1.54, 1.807) is 7.11 Å². The third-order valence-electron chi connectivity index (χ3n) is 3.14. The maximum absolute atomic E-state index is 11.4. The molecule has 1 aromatic rings. The monoisotopic (exact) mass is 312 g/mol. The number of rotatable bonds is 3. The number of amides is 1. The number of hydrogen-bond acceptors (Lipinski definition) is 3. The lowest BCUT2D eigenvalue weighted by Crippen LogP contribution is -2.14. The normalized spacial score (nSPS) is 18.7. The highest BCUT2D eigenvalue weighted by Gasteiger charge is 2.24. The SMILES string of the molecule is COc1ccc(Br)c(C2CCNC2)c1NC(C)=O. The third-order valence-corrected chi connectivity index (χ3v) is 3.84. The first-order valence-corrected chi connectivity index (χ1v) is 6.77. The predicted octanol–water partition coefficient (Wildman–Crippen LogP) is 2.49. The van der Waals surface area contributed by atoms with Crippen LogP contribution in [0.1, 0.15) is 24.8 Å². The molecular weight excluding hydrogens is 296 g/mol. The van der Waals surface area contributed by atoms with Crippen molar-refractivity contribution in [3.8, 4) is 5.75 Å². The Hall–Kier alpha value is -1.07. The van der Waals surface area contributed by atoms with Gasteiger partial charge in [0.15, 0.2) is 0 Å². The summed E-state index contributed by atoms with van der Waals surface area (Å²) in [6, 6.07) is 3.83. The lowest BCUT2D eigenvalue weighted by Gasteiger charge is -2.19. The van der Waals surface area contributed by atoms with E-state index in [0.29, 0.717) is 11.7 Å². The van der Waals surface area contributed by atoms with Gasteiger partial charge in [-0.2, -0.15) is 0 Å². The largest absolute Gasteiger partial charge is 0.495 e. The average Bonchev–Trinajstić information content (AvgIpc) is 2.82. The predicted molar refractivity (Wildman–Crippen MR) is 75.2 cm³/mol. The Bertz CT molecular complexity index is 457. The molecule has 0 aliphatic carbocycles. The number of halogens is 1. The van der Waals surface area contributed by atoms with Gasteiger partial charge in [-0.05, 0) is 30.7 Å². The van der Waals surface area contributed by atoms with Gasteiger partial charge in [-0.25, -0.2) is 0 Å². The van der Waals surface area contributed by atoms with Crippen LogP contribution in [0.2, 0.25) is 0 Å². The fourth-order valence-corrected chi connectivity index (χ4v) is 3.00. The zero-order chi connectivity index (χ0) is 13.1. The summed E-state index contributed by atoms with van der Waals surface area (Å²) in [5.74, 6) is 1.02. The Morgan fingerprint density at radius 3 is 2.89 bits per heavy atom. The van der Waals surface area contributed by atoms with E-state index in [1.165, 1.54) is 6.92 Å². The van der Waals surface area contributed by atoms with Crippen molar-refractivity contribution in [2.75, 3.05) is 25.5 Å². The first-order valence-electron chi connectivity index (χ1n) is 5.98. The molecule has 1 amide bonds. The number of benzene rings is 1. The van der Waals surface area contributed by atoms with Crippen molar-refractivity contribution >= 4 is 27.5 Å². The van der Waals surface area contributed by atoms with E-state index < -0.39 is 0 Å². The number of carbonyl (C=O) groups is 1. The lowest BCUT2D eigenvalue weighted by atomic mass is 9.96. The van der Waals surface area contributed by atoms with Crippen molar-refractivity contribution in [3.63, 3.8) is 0 Å². The summed E-state index contributed by atoms with van der Waals surface area (Å²) in [6.07, 6.45) is 1.07. The van der Waals surface area contributed by atoms with Gasteiger partial charge in [-0.15, -0.1) is 0 Å². The van der Waals surface area contributed by atoms with Crippen LogP contribution in [0.4, 0.5) is 5.69 Å². The van der Waals surface area contributed by atoms with Gasteiger partial charge in [0, 0.05) is 23.9 Å². The summed E-state index contributed by atoms with van der Waals surface area (Å²) in [5, 5.41) is 6.23. The number of hydrogen-bond donors (Lipinski definition) is 2. The summed E-state index contributed by atoms with van der Waals surface area (Å²) in [4.78, 5) is 11.4. The van der Waals surface area contributed by atoms with Crippen molar-refractivity contribution in [2.45, 2.75) is 19.3 Å². The van der Waals surface area contributed by atoms with Gasteiger partial charge in [0.1, 0.15) is 5.75 Å². The van der Waals surface area contributed by atoms with Crippen molar-refractivity contribution in [1.82, 2.24) is 5.32 Å². The molecule has 4 nitrogen and oxygen atoms in total. The maximum atomic E-state index is 11.4. The van der Waals surface area contributed by atoms with Gasteiger partial charge in [0.2, 0.25) is 5.91 Å². The van der Waals surface area contributed by atoms with E-state index in [4.69, 9.17) is 4.74 Å². The molecule has 0 spiro atoms. The molecule has 1 heterocycles. The average molecular weight is 313 g/mol. The van der Waals surface area contributed by atoms with E-state index in [9.17, 15) is 4.79 Å². The molecule has 18 heavy (non-hydrogen) atoms. The highest BCUT2D eigenvalue weighted by Crippen LogP contribution is 2.40.